The lowest BCUT2D eigenvalue weighted by atomic mass is 10.00. The lowest BCUT2D eigenvalue weighted by Crippen LogP contribution is -2.51. The Kier molecular flexibility index (Phi) is 6.98. The Morgan fingerprint density at radius 1 is 1.50 bits per heavy atom. The summed E-state index contributed by atoms with van der Waals surface area (Å²) in [6.45, 7) is 6.94. The molecular weight excluding hydrogens is 397 g/mol. The number of nitrogens with one attached hydrogen (secondary N) is 2. The van der Waals surface area contributed by atoms with E-state index in [0.29, 0.717) is 5.57 Å². The summed E-state index contributed by atoms with van der Waals surface area (Å²) in [5.41, 5.74) is 0.576. The first-order valence-corrected chi connectivity index (χ1v) is 10.1. The number of hydrogen-bond acceptors (Lipinski definition) is 6. The second-order valence-electron chi connectivity index (χ2n) is 6.19. The van der Waals surface area contributed by atoms with E-state index < -0.39 is 40.6 Å². The molecule has 158 valence electrons. The number of amides is 3. The molecular formula is C15H24FN5O6S. The zero-order valence-corrected chi connectivity index (χ0v) is 16.4. The molecule has 2 aliphatic rings. The quantitative estimate of drug-likeness (QED) is 0.237. The molecule has 2 heterocycles. The van der Waals surface area contributed by atoms with E-state index in [1.165, 1.54) is 4.90 Å². The van der Waals surface area contributed by atoms with Crippen LogP contribution >= 0.6 is 0 Å². The fraction of sp³-hybridized carbons (Fsp3) is 0.600. The van der Waals surface area contributed by atoms with Crippen molar-refractivity contribution in [2.45, 2.75) is 32.3 Å². The number of rotatable bonds is 10. The molecule has 3 amide bonds. The van der Waals surface area contributed by atoms with Crippen LogP contribution in [0, 0.1) is 0 Å². The van der Waals surface area contributed by atoms with Crippen LogP contribution in [0.25, 0.3) is 0 Å². The van der Waals surface area contributed by atoms with Crippen molar-refractivity contribution < 1.29 is 32.0 Å². The number of alkyl halides is 1. The van der Waals surface area contributed by atoms with Crippen LogP contribution in [-0.2, 0) is 24.6 Å². The van der Waals surface area contributed by atoms with Crippen LogP contribution in [0.2, 0.25) is 0 Å². The van der Waals surface area contributed by atoms with Crippen molar-refractivity contribution in [2.75, 3.05) is 26.2 Å². The van der Waals surface area contributed by atoms with Crippen molar-refractivity contribution in [1.82, 2.24) is 20.0 Å². The van der Waals surface area contributed by atoms with Crippen molar-refractivity contribution in [1.29, 1.82) is 0 Å². The van der Waals surface area contributed by atoms with E-state index >= 15 is 0 Å². The van der Waals surface area contributed by atoms with Gasteiger partial charge in [-0.15, -0.1) is 0 Å². The summed E-state index contributed by atoms with van der Waals surface area (Å²) < 4.78 is 42.7. The molecule has 4 N–H and O–H groups in total. The molecule has 0 unspecified atom stereocenters. The van der Waals surface area contributed by atoms with Crippen LogP contribution < -0.4 is 15.2 Å². The summed E-state index contributed by atoms with van der Waals surface area (Å²) in [6.07, 6.45) is -0.389. The van der Waals surface area contributed by atoms with Gasteiger partial charge in [0.05, 0.1) is 19.2 Å². The molecule has 0 aromatic carbocycles. The molecule has 0 spiro atoms. The minimum Gasteiger partial charge on any atom is -0.493 e. The Hall–Kier alpha value is -2.22. The van der Waals surface area contributed by atoms with E-state index in [9.17, 15) is 22.4 Å². The monoisotopic (exact) mass is 421 g/mol. The van der Waals surface area contributed by atoms with Gasteiger partial charge < -0.3 is 15.0 Å². The predicted molar refractivity (Wildman–Crippen MR) is 96.1 cm³/mol. The Bertz CT molecular complexity index is 773. The number of carbonyl (C=O) groups excluding carboxylic acids is 2. The molecule has 0 aliphatic carbocycles. The molecule has 11 nitrogen and oxygen atoms in total. The SMILES string of the molecule is C=C(OCC)[C@@H](F)ON1C(=O)N2C[C@H]1C=C(C)[C@H]2C(=O)NCCNS(N)(=O)=O. The van der Waals surface area contributed by atoms with E-state index in [-0.39, 0.29) is 32.0 Å². The first kappa shape index (κ1) is 22.1. The fourth-order valence-electron chi connectivity index (χ4n) is 2.96. The molecule has 28 heavy (non-hydrogen) atoms. The number of nitrogens with zero attached hydrogens (tertiary/aromatic N) is 2. The molecule has 0 radical (unpaired) electrons. The number of urea groups is 1. The van der Waals surface area contributed by atoms with Crippen LogP contribution in [0.4, 0.5) is 9.18 Å². The summed E-state index contributed by atoms with van der Waals surface area (Å²) in [6, 6.07) is -2.15. The fourth-order valence-corrected chi connectivity index (χ4v) is 3.34. The van der Waals surface area contributed by atoms with Gasteiger partial charge in [-0.1, -0.05) is 12.7 Å². The zero-order chi connectivity index (χ0) is 21.1. The van der Waals surface area contributed by atoms with Gasteiger partial charge in [-0.05, 0) is 19.4 Å². The van der Waals surface area contributed by atoms with Gasteiger partial charge in [0.25, 0.3) is 16.6 Å². The van der Waals surface area contributed by atoms with Gasteiger partial charge in [0, 0.05) is 13.1 Å². The van der Waals surface area contributed by atoms with Crippen molar-refractivity contribution in [3.05, 3.63) is 24.0 Å². The topological polar surface area (TPSA) is 143 Å². The Morgan fingerprint density at radius 3 is 2.79 bits per heavy atom. The standard InChI is InChI=1S/C15H24FN5O6S/c1-4-26-10(3)13(16)27-21-11-7-9(2)12(20(8-11)15(21)23)14(22)18-5-6-19-28(17,24)25/h7,11-13,19H,3-6,8H2,1-2H3,(H,18,22)(H2,17,24,25)/t11-,12+,13+/m1/s1. The van der Waals surface area contributed by atoms with Gasteiger partial charge in [-0.2, -0.15) is 13.5 Å². The van der Waals surface area contributed by atoms with E-state index in [0.717, 1.165) is 5.06 Å². The van der Waals surface area contributed by atoms with Crippen LogP contribution in [0.15, 0.2) is 24.0 Å². The third-order valence-electron chi connectivity index (χ3n) is 4.08. The third kappa shape index (κ3) is 5.19. The predicted octanol–water partition coefficient (Wildman–Crippen LogP) is -0.892. The summed E-state index contributed by atoms with van der Waals surface area (Å²) >= 11 is 0. The molecule has 2 rings (SSSR count). The molecule has 1 fully saturated rings. The summed E-state index contributed by atoms with van der Waals surface area (Å²) in [4.78, 5) is 31.4. The highest BCUT2D eigenvalue weighted by Gasteiger charge is 2.48. The second kappa shape index (κ2) is 8.86. The molecule has 13 heteroatoms. The molecule has 0 aromatic rings. The lowest BCUT2D eigenvalue weighted by molar-refractivity contribution is -0.204. The smallest absolute Gasteiger partial charge is 0.345 e. The van der Waals surface area contributed by atoms with Crippen LogP contribution in [-0.4, -0.2) is 75.0 Å². The number of ether oxygens (including phenoxy) is 1. The maximum Gasteiger partial charge on any atom is 0.345 e. The number of hydrogen-bond donors (Lipinski definition) is 3. The average molecular weight is 421 g/mol. The number of nitrogens with two attached hydrogens (primary N) is 1. The minimum atomic E-state index is -3.86. The van der Waals surface area contributed by atoms with Gasteiger partial charge in [0.15, 0.2) is 5.76 Å². The first-order chi connectivity index (χ1) is 13.0. The highest BCUT2D eigenvalue weighted by atomic mass is 32.2. The van der Waals surface area contributed by atoms with Gasteiger partial charge in [-0.3, -0.25) is 4.79 Å². The Balaban J connectivity index is 1.99. The van der Waals surface area contributed by atoms with E-state index in [1.807, 2.05) is 4.72 Å². The molecule has 0 aromatic heterocycles. The largest absolute Gasteiger partial charge is 0.493 e. The molecule has 3 atom stereocenters. The third-order valence-corrected chi connectivity index (χ3v) is 4.69. The Morgan fingerprint density at radius 2 is 2.18 bits per heavy atom. The maximum atomic E-state index is 14.1. The van der Waals surface area contributed by atoms with Crippen molar-refractivity contribution in [3.63, 3.8) is 0 Å². The van der Waals surface area contributed by atoms with Crippen molar-refractivity contribution >= 4 is 22.1 Å². The van der Waals surface area contributed by atoms with Crippen molar-refractivity contribution in [3.8, 4) is 0 Å². The van der Waals surface area contributed by atoms with Gasteiger partial charge in [0.2, 0.25) is 5.91 Å². The van der Waals surface area contributed by atoms with Gasteiger partial charge in [0.1, 0.15) is 6.04 Å². The zero-order valence-electron chi connectivity index (χ0n) is 15.6. The van der Waals surface area contributed by atoms with Crippen molar-refractivity contribution in [2.24, 2.45) is 5.14 Å². The number of hydroxylamine groups is 2. The first-order valence-electron chi connectivity index (χ1n) is 8.50. The second-order valence-corrected chi connectivity index (χ2v) is 7.57. The van der Waals surface area contributed by atoms with Crippen LogP contribution in [0.5, 0.6) is 0 Å². The molecule has 0 saturated carbocycles. The Labute approximate surface area is 162 Å². The summed E-state index contributed by atoms with van der Waals surface area (Å²) in [5, 5.41) is 8.18. The number of fused-ring (bicyclic) bond motifs is 2. The molecule has 2 aliphatic heterocycles. The van der Waals surface area contributed by atoms with Crippen LogP contribution in [0.3, 0.4) is 0 Å². The van der Waals surface area contributed by atoms with Gasteiger partial charge >= 0.3 is 6.03 Å². The maximum absolute atomic E-state index is 14.1. The highest BCUT2D eigenvalue weighted by molar-refractivity contribution is 7.87. The van der Waals surface area contributed by atoms with E-state index in [4.69, 9.17) is 14.7 Å². The molecule has 1 saturated heterocycles. The van der Waals surface area contributed by atoms with Crippen LogP contribution in [0.1, 0.15) is 13.8 Å². The average Bonchev–Trinajstić information content (AvgIpc) is 2.83. The van der Waals surface area contributed by atoms with Gasteiger partial charge in [-0.25, -0.2) is 23.9 Å². The number of halogens is 1. The summed E-state index contributed by atoms with van der Waals surface area (Å²) in [5.74, 6) is -0.766. The lowest BCUT2D eigenvalue weighted by Gasteiger charge is -2.29. The van der Waals surface area contributed by atoms with E-state index in [1.54, 1.807) is 19.9 Å². The molecule has 2 bridgehead atoms. The highest BCUT2D eigenvalue weighted by Crippen LogP contribution is 2.30. The minimum absolute atomic E-state index is 0.0224. The van der Waals surface area contributed by atoms with E-state index in [2.05, 4.69) is 11.9 Å². The summed E-state index contributed by atoms with van der Waals surface area (Å²) in [7, 11) is -3.86. The normalized spacial score (nSPS) is 22.7. The number of carbonyl (C=O) groups is 2.